The minimum absolute atomic E-state index is 0.102. The molecule has 0 aliphatic carbocycles. The van der Waals surface area contributed by atoms with E-state index in [0.717, 1.165) is 56.3 Å². The number of thiazole rings is 1. The van der Waals surface area contributed by atoms with Crippen LogP contribution in [0.3, 0.4) is 0 Å². The molecule has 1 aromatic heterocycles. The molecule has 2 N–H and O–H groups in total. The Bertz CT molecular complexity index is 440. The van der Waals surface area contributed by atoms with E-state index in [1.807, 2.05) is 6.92 Å². The molecule has 5 nitrogen and oxygen atoms in total. The molecule has 20 heavy (non-hydrogen) atoms. The first-order chi connectivity index (χ1) is 9.61. The van der Waals surface area contributed by atoms with Crippen molar-refractivity contribution in [3.8, 4) is 0 Å². The highest BCUT2D eigenvalue weighted by Gasteiger charge is 2.27. The maximum atomic E-state index is 11.6. The van der Waals surface area contributed by atoms with Gasteiger partial charge in [0.15, 0.2) is 5.13 Å². The SMILES string of the molecule is CCCC[C@@H](C(N)=O)N1CCN(c2nc(C)cs2)CC1. The Balaban J connectivity index is 1.90. The largest absolute Gasteiger partial charge is 0.368 e. The summed E-state index contributed by atoms with van der Waals surface area (Å²) in [5, 5.41) is 3.17. The van der Waals surface area contributed by atoms with Crippen LogP contribution < -0.4 is 10.6 Å². The average Bonchev–Trinajstić information content (AvgIpc) is 2.86. The van der Waals surface area contributed by atoms with E-state index in [4.69, 9.17) is 5.73 Å². The van der Waals surface area contributed by atoms with Crippen molar-refractivity contribution < 1.29 is 4.79 Å². The molecule has 0 radical (unpaired) electrons. The standard InChI is InChI=1S/C14H24N4OS/c1-3-4-5-12(13(15)19)17-6-8-18(9-7-17)14-16-11(2)10-20-14/h10,12H,3-9H2,1-2H3,(H2,15,19)/t12-/m0/s1. The number of hydrogen-bond acceptors (Lipinski definition) is 5. The van der Waals surface area contributed by atoms with Crippen LogP contribution in [0.5, 0.6) is 0 Å². The van der Waals surface area contributed by atoms with Gasteiger partial charge in [-0.3, -0.25) is 9.69 Å². The van der Waals surface area contributed by atoms with Gasteiger partial charge in [0.05, 0.1) is 11.7 Å². The minimum atomic E-state index is -0.183. The highest BCUT2D eigenvalue weighted by Crippen LogP contribution is 2.22. The molecule has 2 heterocycles. The number of nitrogens with two attached hydrogens (primary N) is 1. The number of unbranched alkanes of at least 4 members (excludes halogenated alkanes) is 1. The van der Waals surface area contributed by atoms with E-state index in [9.17, 15) is 4.79 Å². The highest BCUT2D eigenvalue weighted by molar-refractivity contribution is 7.13. The van der Waals surface area contributed by atoms with E-state index in [1.165, 1.54) is 0 Å². The first-order valence-electron chi connectivity index (χ1n) is 7.32. The molecule has 1 aliphatic rings. The van der Waals surface area contributed by atoms with E-state index >= 15 is 0 Å². The molecule has 1 fully saturated rings. The summed E-state index contributed by atoms with van der Waals surface area (Å²) in [5.74, 6) is -0.183. The third-order valence-corrected chi connectivity index (χ3v) is 4.81. The summed E-state index contributed by atoms with van der Waals surface area (Å²) in [7, 11) is 0. The zero-order chi connectivity index (χ0) is 14.5. The second kappa shape index (κ2) is 7.04. The molecule has 0 spiro atoms. The zero-order valence-electron chi connectivity index (χ0n) is 12.3. The topological polar surface area (TPSA) is 62.5 Å². The van der Waals surface area contributed by atoms with Crippen LogP contribution in [0.1, 0.15) is 31.9 Å². The number of amides is 1. The third-order valence-electron chi connectivity index (χ3n) is 3.79. The third kappa shape index (κ3) is 3.70. The minimum Gasteiger partial charge on any atom is -0.368 e. The van der Waals surface area contributed by atoms with Crippen molar-refractivity contribution >= 4 is 22.4 Å². The molecule has 1 atom stereocenters. The Morgan fingerprint density at radius 1 is 1.45 bits per heavy atom. The number of piperazine rings is 1. The van der Waals surface area contributed by atoms with Crippen LogP contribution in [0.2, 0.25) is 0 Å². The molecular formula is C14H24N4OS. The van der Waals surface area contributed by atoms with E-state index in [-0.39, 0.29) is 11.9 Å². The maximum absolute atomic E-state index is 11.6. The van der Waals surface area contributed by atoms with Crippen molar-refractivity contribution in [2.75, 3.05) is 31.1 Å². The van der Waals surface area contributed by atoms with Crippen LogP contribution in [0.25, 0.3) is 0 Å². The van der Waals surface area contributed by atoms with E-state index in [1.54, 1.807) is 11.3 Å². The molecule has 2 rings (SSSR count). The van der Waals surface area contributed by atoms with Gasteiger partial charge in [-0.15, -0.1) is 11.3 Å². The molecule has 0 unspecified atom stereocenters. The lowest BCUT2D eigenvalue weighted by atomic mass is 10.1. The number of anilines is 1. The fourth-order valence-electron chi connectivity index (χ4n) is 2.61. The van der Waals surface area contributed by atoms with E-state index < -0.39 is 0 Å². The summed E-state index contributed by atoms with van der Waals surface area (Å²) >= 11 is 1.69. The number of hydrogen-bond donors (Lipinski definition) is 1. The molecule has 0 aromatic carbocycles. The van der Waals surface area contributed by atoms with E-state index in [2.05, 4.69) is 27.1 Å². The Morgan fingerprint density at radius 2 is 2.15 bits per heavy atom. The number of carbonyl (C=O) groups is 1. The van der Waals surface area contributed by atoms with Gasteiger partial charge >= 0.3 is 0 Å². The van der Waals surface area contributed by atoms with Gasteiger partial charge in [-0.05, 0) is 13.3 Å². The number of nitrogens with zero attached hydrogens (tertiary/aromatic N) is 3. The normalized spacial score (nSPS) is 18.2. The average molecular weight is 296 g/mol. The van der Waals surface area contributed by atoms with Crippen molar-refractivity contribution in [1.82, 2.24) is 9.88 Å². The van der Waals surface area contributed by atoms with Crippen LogP contribution in [-0.2, 0) is 4.79 Å². The van der Waals surface area contributed by atoms with Crippen molar-refractivity contribution in [1.29, 1.82) is 0 Å². The maximum Gasteiger partial charge on any atom is 0.234 e. The van der Waals surface area contributed by atoms with Gasteiger partial charge in [-0.25, -0.2) is 4.98 Å². The quantitative estimate of drug-likeness (QED) is 0.866. The lowest BCUT2D eigenvalue weighted by Crippen LogP contribution is -2.54. The lowest BCUT2D eigenvalue weighted by Gasteiger charge is -2.38. The number of carbonyl (C=O) groups excluding carboxylic acids is 1. The van der Waals surface area contributed by atoms with Crippen molar-refractivity contribution in [3.05, 3.63) is 11.1 Å². The van der Waals surface area contributed by atoms with Crippen LogP contribution in [-0.4, -0.2) is 48.0 Å². The van der Waals surface area contributed by atoms with Crippen LogP contribution in [0.4, 0.5) is 5.13 Å². The van der Waals surface area contributed by atoms with Gasteiger partial charge in [-0.1, -0.05) is 19.8 Å². The monoisotopic (exact) mass is 296 g/mol. The van der Waals surface area contributed by atoms with Crippen molar-refractivity contribution in [2.45, 2.75) is 39.2 Å². The van der Waals surface area contributed by atoms with Gasteiger partial charge in [0.1, 0.15) is 0 Å². The lowest BCUT2D eigenvalue weighted by molar-refractivity contribution is -0.123. The second-order valence-corrected chi connectivity index (χ2v) is 6.19. The van der Waals surface area contributed by atoms with Crippen molar-refractivity contribution in [3.63, 3.8) is 0 Å². The molecular weight excluding hydrogens is 272 g/mol. The molecule has 112 valence electrons. The Kier molecular flexibility index (Phi) is 5.37. The molecule has 1 aromatic rings. The summed E-state index contributed by atoms with van der Waals surface area (Å²) in [6.07, 6.45) is 3.03. The number of primary amides is 1. The predicted octanol–water partition coefficient (Wildman–Crippen LogP) is 1.62. The van der Waals surface area contributed by atoms with Gasteiger partial charge in [0.2, 0.25) is 5.91 Å². The summed E-state index contributed by atoms with van der Waals surface area (Å²) in [5.41, 5.74) is 6.63. The van der Waals surface area contributed by atoms with Gasteiger partial charge in [0, 0.05) is 31.6 Å². The molecule has 0 bridgehead atoms. The molecule has 6 heteroatoms. The van der Waals surface area contributed by atoms with Crippen LogP contribution >= 0.6 is 11.3 Å². The highest BCUT2D eigenvalue weighted by atomic mass is 32.1. The summed E-state index contributed by atoms with van der Waals surface area (Å²) in [6, 6.07) is -0.102. The molecule has 0 saturated carbocycles. The van der Waals surface area contributed by atoms with Crippen molar-refractivity contribution in [2.24, 2.45) is 5.73 Å². The second-order valence-electron chi connectivity index (χ2n) is 5.35. The Hall–Kier alpha value is -1.14. The number of aryl methyl sites for hydroxylation is 1. The Labute approximate surface area is 124 Å². The number of rotatable bonds is 6. The van der Waals surface area contributed by atoms with E-state index in [0.29, 0.717) is 0 Å². The van der Waals surface area contributed by atoms with Crippen LogP contribution in [0.15, 0.2) is 5.38 Å². The fourth-order valence-corrected chi connectivity index (χ4v) is 3.47. The molecule has 1 amide bonds. The zero-order valence-corrected chi connectivity index (χ0v) is 13.2. The van der Waals surface area contributed by atoms with Gasteiger partial charge in [-0.2, -0.15) is 0 Å². The first-order valence-corrected chi connectivity index (χ1v) is 8.20. The number of aromatic nitrogens is 1. The van der Waals surface area contributed by atoms with Gasteiger partial charge < -0.3 is 10.6 Å². The van der Waals surface area contributed by atoms with Crippen LogP contribution in [0, 0.1) is 6.92 Å². The summed E-state index contributed by atoms with van der Waals surface area (Å²) in [4.78, 5) is 20.7. The molecule has 1 saturated heterocycles. The predicted molar refractivity (Wildman–Crippen MR) is 83.1 cm³/mol. The van der Waals surface area contributed by atoms with Gasteiger partial charge in [0.25, 0.3) is 0 Å². The summed E-state index contributed by atoms with van der Waals surface area (Å²) in [6.45, 7) is 7.77. The Morgan fingerprint density at radius 3 is 2.65 bits per heavy atom. The smallest absolute Gasteiger partial charge is 0.234 e. The fraction of sp³-hybridized carbons (Fsp3) is 0.714. The first kappa shape index (κ1) is 15.3. The molecule has 1 aliphatic heterocycles. The summed E-state index contributed by atoms with van der Waals surface area (Å²) < 4.78 is 0.